The maximum Gasteiger partial charge on any atom is 0.250 e. The number of likely N-dealkylation sites (tertiary alicyclic amines) is 1. The first-order valence-electron chi connectivity index (χ1n) is 10.1. The van der Waals surface area contributed by atoms with E-state index in [9.17, 15) is 4.79 Å². The summed E-state index contributed by atoms with van der Waals surface area (Å²) in [7, 11) is 0. The number of para-hydroxylation sites is 1. The van der Waals surface area contributed by atoms with Crippen molar-refractivity contribution in [2.45, 2.75) is 69.7 Å². The molecule has 3 N–H and O–H groups in total. The van der Waals surface area contributed by atoms with Gasteiger partial charge in [0.2, 0.25) is 0 Å². The summed E-state index contributed by atoms with van der Waals surface area (Å²) in [6, 6.07) is 6.38. The second-order valence-corrected chi connectivity index (χ2v) is 8.39. The highest BCUT2D eigenvalue weighted by Crippen LogP contribution is 2.36. The summed E-state index contributed by atoms with van der Waals surface area (Å²) in [5, 5.41) is 0. The minimum atomic E-state index is -0.414. The maximum absolute atomic E-state index is 11.7. The van der Waals surface area contributed by atoms with Crippen LogP contribution in [0.5, 0.6) is 0 Å². The first kappa shape index (κ1) is 17.5. The van der Waals surface area contributed by atoms with Gasteiger partial charge in [-0.2, -0.15) is 0 Å². The minimum Gasteiger partial charge on any atom is -0.366 e. The number of imidazole rings is 1. The minimum absolute atomic E-state index is 0.0252. The topological polar surface area (TPSA) is 75.0 Å². The van der Waals surface area contributed by atoms with Crippen LogP contribution in [-0.4, -0.2) is 39.9 Å². The van der Waals surface area contributed by atoms with Gasteiger partial charge in [0, 0.05) is 11.5 Å². The largest absolute Gasteiger partial charge is 0.366 e. The number of nitrogens with one attached hydrogen (secondary N) is 1. The van der Waals surface area contributed by atoms with Gasteiger partial charge in [0.05, 0.1) is 11.1 Å². The van der Waals surface area contributed by atoms with Crippen LogP contribution in [0.3, 0.4) is 0 Å². The molecule has 140 valence electrons. The van der Waals surface area contributed by atoms with Gasteiger partial charge >= 0.3 is 0 Å². The maximum atomic E-state index is 11.7. The molecule has 1 saturated carbocycles. The van der Waals surface area contributed by atoms with Crippen molar-refractivity contribution in [2.24, 2.45) is 5.73 Å². The molecule has 4 rings (SSSR count). The van der Waals surface area contributed by atoms with E-state index in [1.54, 1.807) is 6.07 Å². The number of carbonyl (C=O) groups excluding carboxylic acids is 1. The lowest BCUT2D eigenvalue weighted by atomic mass is 9.82. The van der Waals surface area contributed by atoms with Crippen molar-refractivity contribution in [3.8, 4) is 0 Å². The Balaban J connectivity index is 1.57. The molecule has 1 saturated heterocycles. The lowest BCUT2D eigenvalue weighted by Gasteiger charge is -2.34. The van der Waals surface area contributed by atoms with Gasteiger partial charge in [-0.1, -0.05) is 32.3 Å². The Morgan fingerprint density at radius 2 is 2.00 bits per heavy atom. The molecule has 5 heteroatoms. The average Bonchev–Trinajstić information content (AvgIpc) is 3.00. The van der Waals surface area contributed by atoms with Crippen LogP contribution < -0.4 is 5.73 Å². The predicted octanol–water partition coefficient (Wildman–Crippen LogP) is 3.74. The fourth-order valence-corrected chi connectivity index (χ4v) is 4.86. The van der Waals surface area contributed by atoms with E-state index in [0.717, 1.165) is 36.8 Å². The van der Waals surface area contributed by atoms with E-state index < -0.39 is 5.91 Å². The quantitative estimate of drug-likeness (QED) is 0.882. The molecule has 1 aromatic heterocycles. The smallest absolute Gasteiger partial charge is 0.250 e. The average molecular weight is 354 g/mol. The van der Waals surface area contributed by atoms with Gasteiger partial charge in [-0.05, 0) is 57.3 Å². The van der Waals surface area contributed by atoms with Crippen molar-refractivity contribution in [1.82, 2.24) is 14.9 Å². The first-order chi connectivity index (χ1) is 12.6. The lowest BCUT2D eigenvalue weighted by molar-refractivity contribution is 0.100. The zero-order valence-corrected chi connectivity index (χ0v) is 15.8. The van der Waals surface area contributed by atoms with Gasteiger partial charge in [-0.3, -0.25) is 4.79 Å². The fourth-order valence-electron chi connectivity index (χ4n) is 4.86. The highest BCUT2D eigenvalue weighted by molar-refractivity contribution is 6.04. The number of hydrogen-bond acceptors (Lipinski definition) is 3. The van der Waals surface area contributed by atoms with E-state index in [0.29, 0.717) is 11.1 Å². The number of primary amides is 1. The molecule has 1 aromatic carbocycles. The van der Waals surface area contributed by atoms with Crippen LogP contribution in [0.25, 0.3) is 11.0 Å². The molecular formula is C21H30N4O. The monoisotopic (exact) mass is 354 g/mol. The summed E-state index contributed by atoms with van der Waals surface area (Å²) in [4.78, 5) is 22.8. The molecular weight excluding hydrogens is 324 g/mol. The van der Waals surface area contributed by atoms with Gasteiger partial charge in [-0.25, -0.2) is 4.98 Å². The third kappa shape index (κ3) is 3.25. The molecule has 1 aliphatic carbocycles. The zero-order valence-electron chi connectivity index (χ0n) is 15.8. The van der Waals surface area contributed by atoms with Crippen LogP contribution in [0, 0.1) is 0 Å². The molecule has 1 amide bonds. The van der Waals surface area contributed by atoms with Crippen LogP contribution in [0.1, 0.15) is 74.5 Å². The number of rotatable bonds is 3. The lowest BCUT2D eigenvalue weighted by Crippen LogP contribution is -2.38. The summed E-state index contributed by atoms with van der Waals surface area (Å²) < 4.78 is 0. The third-order valence-corrected chi connectivity index (χ3v) is 6.57. The number of carbonyl (C=O) groups is 1. The van der Waals surface area contributed by atoms with Crippen molar-refractivity contribution in [2.75, 3.05) is 13.1 Å². The standard InChI is InChI=1S/C21H30N4O/c1-21(11-6-13-25(14-12-21)15-7-3-2-4-8-15)20-23-17-10-5-9-16(19(22)26)18(17)24-20/h5,9-10,15H,2-4,6-8,11-14H2,1H3,(H2,22,26)(H,23,24). The van der Waals surface area contributed by atoms with Gasteiger partial charge in [0.25, 0.3) is 5.91 Å². The molecule has 0 spiro atoms. The van der Waals surface area contributed by atoms with Crippen molar-refractivity contribution >= 4 is 16.9 Å². The Bertz CT molecular complexity index is 792. The number of nitrogens with two attached hydrogens (primary N) is 1. The van der Waals surface area contributed by atoms with Crippen molar-refractivity contribution in [3.05, 3.63) is 29.6 Å². The number of nitrogens with zero attached hydrogens (tertiary/aromatic N) is 2. The number of aromatic amines is 1. The summed E-state index contributed by atoms with van der Waals surface area (Å²) in [5.74, 6) is 0.592. The number of hydrogen-bond donors (Lipinski definition) is 2. The molecule has 5 nitrogen and oxygen atoms in total. The molecule has 1 unspecified atom stereocenters. The van der Waals surface area contributed by atoms with Crippen molar-refractivity contribution < 1.29 is 4.79 Å². The van der Waals surface area contributed by atoms with E-state index in [-0.39, 0.29) is 5.41 Å². The number of aromatic nitrogens is 2. The van der Waals surface area contributed by atoms with Crippen molar-refractivity contribution in [1.29, 1.82) is 0 Å². The molecule has 2 aromatic rings. The van der Waals surface area contributed by atoms with Gasteiger partial charge < -0.3 is 15.6 Å². The molecule has 2 heterocycles. The van der Waals surface area contributed by atoms with E-state index in [4.69, 9.17) is 10.7 Å². The molecule has 26 heavy (non-hydrogen) atoms. The normalized spacial score (nSPS) is 26.0. The van der Waals surface area contributed by atoms with Crippen LogP contribution in [-0.2, 0) is 5.41 Å². The summed E-state index contributed by atoms with van der Waals surface area (Å²) >= 11 is 0. The Kier molecular flexibility index (Phi) is 4.74. The second kappa shape index (κ2) is 7.03. The van der Waals surface area contributed by atoms with E-state index in [1.807, 2.05) is 12.1 Å². The van der Waals surface area contributed by atoms with Crippen LogP contribution >= 0.6 is 0 Å². The van der Waals surface area contributed by atoms with E-state index in [2.05, 4.69) is 16.8 Å². The Hall–Kier alpha value is -1.88. The molecule has 1 atom stereocenters. The Morgan fingerprint density at radius 1 is 1.19 bits per heavy atom. The molecule has 2 fully saturated rings. The predicted molar refractivity (Wildman–Crippen MR) is 104 cm³/mol. The second-order valence-electron chi connectivity index (χ2n) is 8.39. The molecule has 1 aliphatic heterocycles. The van der Waals surface area contributed by atoms with Crippen LogP contribution in [0.2, 0.25) is 0 Å². The van der Waals surface area contributed by atoms with E-state index in [1.165, 1.54) is 45.1 Å². The number of amides is 1. The fraction of sp³-hybridized carbons (Fsp3) is 0.619. The molecule has 2 aliphatic rings. The third-order valence-electron chi connectivity index (χ3n) is 6.57. The van der Waals surface area contributed by atoms with Crippen LogP contribution in [0.15, 0.2) is 18.2 Å². The van der Waals surface area contributed by atoms with Gasteiger partial charge in [0.1, 0.15) is 11.3 Å². The molecule has 0 bridgehead atoms. The van der Waals surface area contributed by atoms with Crippen molar-refractivity contribution in [3.63, 3.8) is 0 Å². The summed E-state index contributed by atoms with van der Waals surface area (Å²) in [6.45, 7) is 4.66. The highest BCUT2D eigenvalue weighted by atomic mass is 16.1. The number of H-pyrrole nitrogens is 1. The number of benzene rings is 1. The van der Waals surface area contributed by atoms with Crippen LogP contribution in [0.4, 0.5) is 0 Å². The molecule has 0 radical (unpaired) electrons. The highest BCUT2D eigenvalue weighted by Gasteiger charge is 2.34. The van der Waals surface area contributed by atoms with Gasteiger partial charge in [0.15, 0.2) is 0 Å². The van der Waals surface area contributed by atoms with E-state index >= 15 is 0 Å². The Morgan fingerprint density at radius 3 is 2.77 bits per heavy atom. The zero-order chi connectivity index (χ0) is 18.1. The first-order valence-corrected chi connectivity index (χ1v) is 10.1. The Labute approximate surface area is 155 Å². The number of fused-ring (bicyclic) bond motifs is 1. The summed E-state index contributed by atoms with van der Waals surface area (Å²) in [5.41, 5.74) is 7.68. The summed E-state index contributed by atoms with van der Waals surface area (Å²) in [6.07, 6.45) is 10.3. The van der Waals surface area contributed by atoms with Gasteiger partial charge in [-0.15, -0.1) is 0 Å². The SMILES string of the molecule is CC1(c2nc3c(C(N)=O)cccc3[nH]2)CCCN(C2CCCCC2)CC1.